The van der Waals surface area contributed by atoms with Gasteiger partial charge >= 0.3 is 0 Å². The zero-order chi connectivity index (χ0) is 22.5. The molecular formula is C24H26Cl2N4O2. The van der Waals surface area contributed by atoms with Crippen molar-refractivity contribution in [1.29, 1.82) is 0 Å². The number of aryl methyl sites for hydroxylation is 1. The largest absolute Gasteiger partial charge is 0.369 e. The van der Waals surface area contributed by atoms with Crippen molar-refractivity contribution in [3.8, 4) is 11.3 Å². The minimum absolute atomic E-state index is 0.189. The second-order valence-corrected chi connectivity index (χ2v) is 8.70. The van der Waals surface area contributed by atoms with Crippen molar-refractivity contribution in [1.82, 2.24) is 15.4 Å². The van der Waals surface area contributed by atoms with Gasteiger partial charge < -0.3 is 14.7 Å². The van der Waals surface area contributed by atoms with Crippen LogP contribution < -0.4 is 10.2 Å². The Morgan fingerprint density at radius 3 is 2.50 bits per heavy atom. The highest BCUT2D eigenvalue weighted by atomic mass is 35.5. The van der Waals surface area contributed by atoms with Crippen molar-refractivity contribution in [2.45, 2.75) is 13.3 Å². The fourth-order valence-electron chi connectivity index (χ4n) is 3.95. The number of anilines is 1. The molecule has 1 N–H and O–H groups in total. The molecule has 168 valence electrons. The van der Waals surface area contributed by atoms with Gasteiger partial charge in [-0.25, -0.2) is 0 Å². The number of benzene rings is 2. The van der Waals surface area contributed by atoms with Crippen LogP contribution in [0.5, 0.6) is 0 Å². The van der Waals surface area contributed by atoms with Crippen molar-refractivity contribution in [3.05, 3.63) is 69.9 Å². The van der Waals surface area contributed by atoms with Gasteiger partial charge in [-0.3, -0.25) is 9.69 Å². The number of amides is 1. The number of piperazine rings is 1. The van der Waals surface area contributed by atoms with Crippen LogP contribution in [0.4, 0.5) is 5.69 Å². The van der Waals surface area contributed by atoms with Gasteiger partial charge in [-0.05, 0) is 50.2 Å². The molecule has 0 atom stereocenters. The number of hydrogen-bond donors (Lipinski definition) is 1. The average Bonchev–Trinajstić information content (AvgIpc) is 3.19. The predicted octanol–water partition coefficient (Wildman–Crippen LogP) is 4.90. The fourth-order valence-corrected chi connectivity index (χ4v) is 4.30. The third-order valence-corrected chi connectivity index (χ3v) is 6.30. The van der Waals surface area contributed by atoms with Gasteiger partial charge in [0.2, 0.25) is 0 Å². The summed E-state index contributed by atoms with van der Waals surface area (Å²) in [4.78, 5) is 17.6. The van der Waals surface area contributed by atoms with Gasteiger partial charge in [0.15, 0.2) is 0 Å². The molecule has 2 aromatic carbocycles. The maximum atomic E-state index is 12.8. The monoisotopic (exact) mass is 472 g/mol. The summed E-state index contributed by atoms with van der Waals surface area (Å²) in [6.07, 6.45) is 0.873. The Morgan fingerprint density at radius 2 is 1.78 bits per heavy atom. The highest BCUT2D eigenvalue weighted by Crippen LogP contribution is 2.30. The Hall–Kier alpha value is -2.54. The van der Waals surface area contributed by atoms with E-state index in [1.807, 2.05) is 30.3 Å². The van der Waals surface area contributed by atoms with Gasteiger partial charge in [0.05, 0.1) is 5.02 Å². The minimum Gasteiger partial charge on any atom is -0.369 e. The van der Waals surface area contributed by atoms with Gasteiger partial charge in [0, 0.05) is 49.0 Å². The zero-order valence-electron chi connectivity index (χ0n) is 18.0. The first kappa shape index (κ1) is 22.6. The van der Waals surface area contributed by atoms with Crippen LogP contribution >= 0.6 is 23.2 Å². The summed E-state index contributed by atoms with van der Waals surface area (Å²) in [7, 11) is 0. The highest BCUT2D eigenvalue weighted by Gasteiger charge is 2.23. The van der Waals surface area contributed by atoms with Crippen molar-refractivity contribution >= 4 is 34.8 Å². The molecule has 32 heavy (non-hydrogen) atoms. The van der Waals surface area contributed by atoms with Gasteiger partial charge in [0.25, 0.3) is 5.91 Å². The maximum absolute atomic E-state index is 12.8. The van der Waals surface area contributed by atoms with Gasteiger partial charge in [-0.15, -0.1) is 0 Å². The molecule has 0 saturated carbocycles. The van der Waals surface area contributed by atoms with E-state index in [2.05, 4.69) is 32.4 Å². The number of halogens is 2. The Labute approximate surface area is 198 Å². The second-order valence-electron chi connectivity index (χ2n) is 7.86. The molecule has 1 aromatic heterocycles. The van der Waals surface area contributed by atoms with E-state index in [-0.39, 0.29) is 5.91 Å². The lowest BCUT2D eigenvalue weighted by molar-refractivity contribution is 0.0950. The molecule has 1 aliphatic heterocycles. The quantitative estimate of drug-likeness (QED) is 0.495. The molecule has 0 radical (unpaired) electrons. The highest BCUT2D eigenvalue weighted by molar-refractivity contribution is 6.33. The molecule has 4 rings (SSSR count). The number of nitrogens with zero attached hydrogens (tertiary/aromatic N) is 3. The normalized spacial score (nSPS) is 14.5. The van der Waals surface area contributed by atoms with Crippen LogP contribution in [0.2, 0.25) is 10.0 Å². The Balaban J connectivity index is 1.25. The molecule has 8 heteroatoms. The molecule has 3 aromatic rings. The van der Waals surface area contributed by atoms with Crippen molar-refractivity contribution in [2.75, 3.05) is 44.2 Å². The summed E-state index contributed by atoms with van der Waals surface area (Å²) in [5.74, 6) is 0.293. The SMILES string of the molecule is Cc1onc(-c2ccccc2Cl)c1C(=O)NCCCN1CCN(c2ccc(Cl)cc2)CC1. The molecule has 1 aliphatic rings. The summed E-state index contributed by atoms with van der Waals surface area (Å²) in [6, 6.07) is 15.3. The van der Waals surface area contributed by atoms with Crippen LogP contribution in [0.15, 0.2) is 53.1 Å². The number of carbonyl (C=O) groups is 1. The molecular weight excluding hydrogens is 447 g/mol. The minimum atomic E-state index is -0.189. The molecule has 1 amide bonds. The Kier molecular flexibility index (Phi) is 7.35. The molecule has 2 heterocycles. The van der Waals surface area contributed by atoms with Crippen molar-refractivity contribution in [3.63, 3.8) is 0 Å². The summed E-state index contributed by atoms with van der Waals surface area (Å²) < 4.78 is 5.29. The summed E-state index contributed by atoms with van der Waals surface area (Å²) in [5.41, 5.74) is 2.81. The van der Waals surface area contributed by atoms with Crippen LogP contribution in [0, 0.1) is 6.92 Å². The van der Waals surface area contributed by atoms with E-state index in [0.29, 0.717) is 34.1 Å². The molecule has 1 fully saturated rings. The third kappa shape index (κ3) is 5.26. The van der Waals surface area contributed by atoms with Crippen LogP contribution in [-0.4, -0.2) is 55.2 Å². The van der Waals surface area contributed by atoms with E-state index in [9.17, 15) is 4.79 Å². The van der Waals surface area contributed by atoms with Crippen molar-refractivity contribution < 1.29 is 9.32 Å². The summed E-state index contributed by atoms with van der Waals surface area (Å²) >= 11 is 12.3. The van der Waals surface area contributed by atoms with Crippen molar-refractivity contribution in [2.24, 2.45) is 0 Å². The van der Waals surface area contributed by atoms with Gasteiger partial charge in [-0.1, -0.05) is 46.6 Å². The van der Waals surface area contributed by atoms with E-state index >= 15 is 0 Å². The number of hydrogen-bond acceptors (Lipinski definition) is 5. The number of carbonyl (C=O) groups excluding carboxylic acids is 1. The molecule has 1 saturated heterocycles. The average molecular weight is 473 g/mol. The Bertz CT molecular complexity index is 1060. The number of aromatic nitrogens is 1. The van der Waals surface area contributed by atoms with Crippen LogP contribution in [-0.2, 0) is 0 Å². The Morgan fingerprint density at radius 1 is 1.06 bits per heavy atom. The second kappa shape index (κ2) is 10.4. The van der Waals surface area contributed by atoms with E-state index in [1.54, 1.807) is 13.0 Å². The summed E-state index contributed by atoms with van der Waals surface area (Å²) in [5, 5.41) is 8.36. The van der Waals surface area contributed by atoms with Crippen LogP contribution in [0.3, 0.4) is 0 Å². The van der Waals surface area contributed by atoms with Gasteiger partial charge in [-0.2, -0.15) is 0 Å². The lowest BCUT2D eigenvalue weighted by Crippen LogP contribution is -2.47. The van der Waals surface area contributed by atoms with E-state index < -0.39 is 0 Å². The first-order chi connectivity index (χ1) is 15.5. The zero-order valence-corrected chi connectivity index (χ0v) is 19.5. The lowest BCUT2D eigenvalue weighted by atomic mass is 10.1. The third-order valence-electron chi connectivity index (χ3n) is 5.72. The number of rotatable bonds is 7. The molecule has 0 unspecified atom stereocenters. The van der Waals surface area contributed by atoms with E-state index in [0.717, 1.165) is 44.2 Å². The molecule has 0 aliphatic carbocycles. The van der Waals surface area contributed by atoms with Gasteiger partial charge in [0.1, 0.15) is 17.0 Å². The summed E-state index contributed by atoms with van der Waals surface area (Å²) in [6.45, 7) is 7.22. The predicted molar refractivity (Wildman–Crippen MR) is 129 cm³/mol. The number of nitrogens with one attached hydrogen (secondary N) is 1. The first-order valence-electron chi connectivity index (χ1n) is 10.7. The fraction of sp³-hybridized carbons (Fsp3) is 0.333. The molecule has 0 spiro atoms. The standard InChI is InChI=1S/C24H26Cl2N4O2/c1-17-22(23(28-32-17)20-5-2-3-6-21(20)26)24(31)27-11-4-12-29-13-15-30(16-14-29)19-9-7-18(25)8-10-19/h2-3,5-10H,4,11-16H2,1H3,(H,27,31). The maximum Gasteiger partial charge on any atom is 0.257 e. The topological polar surface area (TPSA) is 61.6 Å². The molecule has 6 nitrogen and oxygen atoms in total. The van der Waals surface area contributed by atoms with Crippen LogP contribution in [0.1, 0.15) is 22.5 Å². The first-order valence-corrected chi connectivity index (χ1v) is 11.5. The van der Waals surface area contributed by atoms with E-state index in [1.165, 1.54) is 5.69 Å². The smallest absolute Gasteiger partial charge is 0.257 e. The molecule has 0 bridgehead atoms. The lowest BCUT2D eigenvalue weighted by Gasteiger charge is -2.36. The van der Waals surface area contributed by atoms with Crippen LogP contribution in [0.25, 0.3) is 11.3 Å². The van der Waals surface area contributed by atoms with E-state index in [4.69, 9.17) is 27.7 Å².